The predicted octanol–water partition coefficient (Wildman–Crippen LogP) is 1.10. The van der Waals surface area contributed by atoms with Crippen LogP contribution in [-0.4, -0.2) is 31.0 Å². The maximum absolute atomic E-state index is 9.67. The van der Waals surface area contributed by atoms with Crippen LogP contribution in [0, 0.1) is 4.91 Å². The summed E-state index contributed by atoms with van der Waals surface area (Å²) >= 11 is 0. The highest BCUT2D eigenvalue weighted by Crippen LogP contribution is 1.97. The summed E-state index contributed by atoms with van der Waals surface area (Å²) in [5.74, 6) is 0. The first-order valence-corrected chi connectivity index (χ1v) is 3.97. The molecule has 0 saturated heterocycles. The zero-order chi connectivity index (χ0) is 9.23. The number of hydrogen-bond donors (Lipinski definition) is 1. The second-order valence-electron chi connectivity index (χ2n) is 2.42. The first-order valence-electron chi connectivity index (χ1n) is 3.97. The molecule has 0 radical (unpaired) electrons. The van der Waals surface area contributed by atoms with Crippen molar-refractivity contribution in [2.24, 2.45) is 5.18 Å². The van der Waals surface area contributed by atoms with Gasteiger partial charge in [-0.1, -0.05) is 17.3 Å². The Morgan fingerprint density at radius 2 is 2.33 bits per heavy atom. The van der Waals surface area contributed by atoms with Crippen LogP contribution in [0.5, 0.6) is 0 Å². The van der Waals surface area contributed by atoms with E-state index in [4.69, 9.17) is 9.84 Å². The van der Waals surface area contributed by atoms with Gasteiger partial charge in [-0.25, -0.2) is 0 Å². The standard InChI is InChI=1S/C8H15NO3/c1-8(4-2-3-6-10)12-7-5-9-11/h2-3,8,10H,4-7H2,1H3/t8-/m0/s1. The lowest BCUT2D eigenvalue weighted by molar-refractivity contribution is 0.0741. The Kier molecular flexibility index (Phi) is 7.84. The van der Waals surface area contributed by atoms with Crippen LogP contribution in [-0.2, 0) is 4.74 Å². The Morgan fingerprint density at radius 3 is 2.92 bits per heavy atom. The smallest absolute Gasteiger partial charge is 0.104 e. The van der Waals surface area contributed by atoms with Gasteiger partial charge in [-0.15, -0.1) is 0 Å². The van der Waals surface area contributed by atoms with Gasteiger partial charge >= 0.3 is 0 Å². The zero-order valence-corrected chi connectivity index (χ0v) is 7.27. The summed E-state index contributed by atoms with van der Waals surface area (Å²) < 4.78 is 5.20. The Morgan fingerprint density at radius 1 is 1.58 bits per heavy atom. The molecule has 0 aromatic heterocycles. The van der Waals surface area contributed by atoms with Crippen LogP contribution in [0.1, 0.15) is 13.3 Å². The number of nitrogens with zero attached hydrogens (tertiary/aromatic N) is 1. The van der Waals surface area contributed by atoms with Crippen LogP contribution in [0.15, 0.2) is 17.3 Å². The molecule has 0 rings (SSSR count). The Bertz CT molecular complexity index is 136. The number of ether oxygens (including phenoxy) is 1. The number of rotatable bonds is 7. The number of aliphatic hydroxyl groups is 1. The van der Waals surface area contributed by atoms with E-state index in [0.29, 0.717) is 6.61 Å². The van der Waals surface area contributed by atoms with E-state index in [-0.39, 0.29) is 19.3 Å². The van der Waals surface area contributed by atoms with Crippen LogP contribution >= 0.6 is 0 Å². The van der Waals surface area contributed by atoms with Gasteiger partial charge < -0.3 is 9.84 Å². The largest absolute Gasteiger partial charge is 0.392 e. The van der Waals surface area contributed by atoms with Crippen molar-refractivity contribution in [2.45, 2.75) is 19.4 Å². The Labute approximate surface area is 72.2 Å². The third kappa shape index (κ3) is 7.37. The van der Waals surface area contributed by atoms with E-state index in [2.05, 4.69) is 5.18 Å². The van der Waals surface area contributed by atoms with Gasteiger partial charge in [-0.3, -0.25) is 0 Å². The summed E-state index contributed by atoms with van der Waals surface area (Å²) in [6, 6.07) is 0. The van der Waals surface area contributed by atoms with Crippen molar-refractivity contribution in [1.29, 1.82) is 0 Å². The molecule has 12 heavy (non-hydrogen) atoms. The molecule has 70 valence electrons. The lowest BCUT2D eigenvalue weighted by Crippen LogP contribution is -2.09. The summed E-state index contributed by atoms with van der Waals surface area (Å²) in [5.41, 5.74) is 0. The van der Waals surface area contributed by atoms with Crippen molar-refractivity contribution < 1.29 is 9.84 Å². The molecule has 0 aliphatic heterocycles. The normalized spacial score (nSPS) is 13.5. The molecule has 0 amide bonds. The third-order valence-corrected chi connectivity index (χ3v) is 1.33. The summed E-state index contributed by atoms with van der Waals surface area (Å²) in [4.78, 5) is 9.67. The molecule has 0 unspecified atom stereocenters. The van der Waals surface area contributed by atoms with Crippen LogP contribution < -0.4 is 0 Å². The molecule has 0 aliphatic carbocycles. The SMILES string of the molecule is C[C@@H](CC=CCO)OCCN=O. The highest BCUT2D eigenvalue weighted by molar-refractivity contribution is 4.82. The van der Waals surface area contributed by atoms with E-state index in [1.165, 1.54) is 0 Å². The first-order chi connectivity index (χ1) is 5.81. The van der Waals surface area contributed by atoms with Crippen molar-refractivity contribution in [3.8, 4) is 0 Å². The van der Waals surface area contributed by atoms with Crippen LogP contribution in [0.2, 0.25) is 0 Å². The molecule has 0 spiro atoms. The molecule has 0 aromatic rings. The van der Waals surface area contributed by atoms with Crippen molar-refractivity contribution in [3.05, 3.63) is 17.1 Å². The monoisotopic (exact) mass is 173 g/mol. The summed E-state index contributed by atoms with van der Waals surface area (Å²) in [5, 5.41) is 11.1. The quantitative estimate of drug-likeness (QED) is 0.356. The number of nitroso groups, excluding NO2 is 1. The first kappa shape index (κ1) is 11.3. The van der Waals surface area contributed by atoms with Crippen molar-refractivity contribution in [2.75, 3.05) is 19.8 Å². The average Bonchev–Trinajstić information content (AvgIpc) is 2.06. The molecule has 0 bridgehead atoms. The fourth-order valence-corrected chi connectivity index (χ4v) is 0.722. The topological polar surface area (TPSA) is 58.9 Å². The van der Waals surface area contributed by atoms with Gasteiger partial charge in [0.25, 0.3) is 0 Å². The minimum Gasteiger partial charge on any atom is -0.392 e. The lowest BCUT2D eigenvalue weighted by atomic mass is 10.2. The zero-order valence-electron chi connectivity index (χ0n) is 7.27. The molecule has 0 heterocycles. The van der Waals surface area contributed by atoms with Crippen LogP contribution in [0.3, 0.4) is 0 Å². The second kappa shape index (κ2) is 8.36. The van der Waals surface area contributed by atoms with Crippen LogP contribution in [0.4, 0.5) is 0 Å². The van der Waals surface area contributed by atoms with E-state index in [9.17, 15) is 4.91 Å². The molecule has 1 atom stereocenters. The molecular weight excluding hydrogens is 158 g/mol. The van der Waals surface area contributed by atoms with Gasteiger partial charge in [0, 0.05) is 0 Å². The molecular formula is C8H15NO3. The minimum atomic E-state index is 0.0581. The molecule has 0 aromatic carbocycles. The van der Waals surface area contributed by atoms with Gasteiger partial charge in [0.15, 0.2) is 0 Å². The average molecular weight is 173 g/mol. The van der Waals surface area contributed by atoms with E-state index in [0.717, 1.165) is 6.42 Å². The van der Waals surface area contributed by atoms with Crippen LogP contribution in [0.25, 0.3) is 0 Å². The lowest BCUT2D eigenvalue weighted by Gasteiger charge is -2.08. The van der Waals surface area contributed by atoms with Gasteiger partial charge in [-0.2, -0.15) is 4.91 Å². The fraction of sp³-hybridized carbons (Fsp3) is 0.750. The summed E-state index contributed by atoms with van der Waals surface area (Å²) in [6.45, 7) is 2.54. The molecule has 1 N–H and O–H groups in total. The Hall–Kier alpha value is -0.740. The minimum absolute atomic E-state index is 0.0581. The van der Waals surface area contributed by atoms with Gasteiger partial charge in [-0.05, 0) is 13.3 Å². The molecule has 0 saturated carbocycles. The highest BCUT2D eigenvalue weighted by Gasteiger charge is 1.97. The van der Waals surface area contributed by atoms with Gasteiger partial charge in [0.2, 0.25) is 0 Å². The van der Waals surface area contributed by atoms with E-state index in [1.807, 2.05) is 13.0 Å². The fourth-order valence-electron chi connectivity index (χ4n) is 0.722. The van der Waals surface area contributed by atoms with E-state index < -0.39 is 0 Å². The molecule has 0 aliphatic rings. The Balaban J connectivity index is 3.26. The summed E-state index contributed by atoms with van der Waals surface area (Å²) in [6.07, 6.45) is 4.34. The highest BCUT2D eigenvalue weighted by atomic mass is 16.5. The predicted molar refractivity (Wildman–Crippen MR) is 46.9 cm³/mol. The molecule has 4 heteroatoms. The summed E-state index contributed by atoms with van der Waals surface area (Å²) in [7, 11) is 0. The maximum Gasteiger partial charge on any atom is 0.104 e. The number of hydrogen-bond acceptors (Lipinski definition) is 4. The van der Waals surface area contributed by atoms with E-state index >= 15 is 0 Å². The second-order valence-corrected chi connectivity index (χ2v) is 2.42. The molecule has 4 nitrogen and oxygen atoms in total. The van der Waals surface area contributed by atoms with E-state index in [1.54, 1.807) is 6.08 Å². The van der Waals surface area contributed by atoms with Crippen molar-refractivity contribution in [1.82, 2.24) is 0 Å². The molecule has 0 fully saturated rings. The number of aliphatic hydroxyl groups excluding tert-OH is 1. The maximum atomic E-state index is 9.67. The van der Waals surface area contributed by atoms with Gasteiger partial charge in [0.05, 0.1) is 19.3 Å². The van der Waals surface area contributed by atoms with Crippen molar-refractivity contribution >= 4 is 0 Å². The van der Waals surface area contributed by atoms with Gasteiger partial charge in [0.1, 0.15) is 6.54 Å². The van der Waals surface area contributed by atoms with Crippen molar-refractivity contribution in [3.63, 3.8) is 0 Å². The third-order valence-electron chi connectivity index (χ3n) is 1.33.